The molecule has 0 saturated carbocycles. The van der Waals surface area contributed by atoms with E-state index in [2.05, 4.69) is 38.5 Å². The summed E-state index contributed by atoms with van der Waals surface area (Å²) in [6.07, 6.45) is 0. The van der Waals surface area contributed by atoms with E-state index >= 15 is 0 Å². The van der Waals surface area contributed by atoms with Crippen LogP contribution in [-0.4, -0.2) is 59.0 Å². The Bertz CT molecular complexity index is 1020. The first-order chi connectivity index (χ1) is 14.5. The molecule has 0 radical (unpaired) electrons. The van der Waals surface area contributed by atoms with Gasteiger partial charge in [0, 0.05) is 38.4 Å². The number of hydrogen-bond acceptors (Lipinski definition) is 5. The van der Waals surface area contributed by atoms with E-state index in [4.69, 9.17) is 0 Å². The van der Waals surface area contributed by atoms with E-state index < -0.39 is 0 Å². The molecule has 0 unspecified atom stereocenters. The van der Waals surface area contributed by atoms with Gasteiger partial charge in [0.1, 0.15) is 5.82 Å². The van der Waals surface area contributed by atoms with Crippen molar-refractivity contribution in [1.29, 1.82) is 0 Å². The van der Waals surface area contributed by atoms with Gasteiger partial charge in [0.15, 0.2) is 5.69 Å². The highest BCUT2D eigenvalue weighted by atomic mass is 19.1. The Kier molecular flexibility index (Phi) is 5.76. The first-order valence-electron chi connectivity index (χ1n) is 10.0. The maximum absolute atomic E-state index is 13.2. The van der Waals surface area contributed by atoms with Crippen LogP contribution in [0.2, 0.25) is 0 Å². The SMILES string of the molecule is Cc1c(C(=O)NCc2ccccc2N2CCN(C)CC2)nnn1-c1ccc(F)cc1. The molecule has 156 valence electrons. The third kappa shape index (κ3) is 4.18. The van der Waals surface area contributed by atoms with Crippen molar-refractivity contribution in [3.05, 3.63) is 71.3 Å². The number of halogens is 1. The molecular weight excluding hydrogens is 383 g/mol. The van der Waals surface area contributed by atoms with E-state index in [0.29, 0.717) is 17.9 Å². The molecule has 0 spiro atoms. The molecule has 1 N–H and O–H groups in total. The van der Waals surface area contributed by atoms with Crippen molar-refractivity contribution in [2.45, 2.75) is 13.5 Å². The molecule has 1 fully saturated rings. The lowest BCUT2D eigenvalue weighted by Crippen LogP contribution is -2.45. The van der Waals surface area contributed by atoms with Crippen LogP contribution in [0.1, 0.15) is 21.7 Å². The van der Waals surface area contributed by atoms with E-state index in [-0.39, 0.29) is 17.4 Å². The Balaban J connectivity index is 1.46. The van der Waals surface area contributed by atoms with Crippen molar-refractivity contribution < 1.29 is 9.18 Å². The number of aromatic nitrogens is 3. The number of carbonyl (C=O) groups is 1. The largest absolute Gasteiger partial charge is 0.369 e. The third-order valence-electron chi connectivity index (χ3n) is 5.46. The summed E-state index contributed by atoms with van der Waals surface area (Å²) in [4.78, 5) is 17.4. The molecule has 1 aliphatic rings. The van der Waals surface area contributed by atoms with Crippen molar-refractivity contribution in [3.8, 4) is 5.69 Å². The summed E-state index contributed by atoms with van der Waals surface area (Å²) in [5.74, 6) is -0.609. The van der Waals surface area contributed by atoms with Crippen LogP contribution in [-0.2, 0) is 6.54 Å². The number of rotatable bonds is 5. The molecule has 0 aliphatic carbocycles. The summed E-state index contributed by atoms with van der Waals surface area (Å²) in [6.45, 7) is 6.15. The van der Waals surface area contributed by atoms with Crippen LogP contribution in [0.4, 0.5) is 10.1 Å². The summed E-state index contributed by atoms with van der Waals surface area (Å²) >= 11 is 0. The van der Waals surface area contributed by atoms with Gasteiger partial charge in [0.25, 0.3) is 5.91 Å². The zero-order chi connectivity index (χ0) is 21.1. The zero-order valence-electron chi connectivity index (χ0n) is 17.2. The van der Waals surface area contributed by atoms with Crippen molar-refractivity contribution in [2.75, 3.05) is 38.1 Å². The molecule has 30 heavy (non-hydrogen) atoms. The highest BCUT2D eigenvalue weighted by Crippen LogP contribution is 2.22. The Morgan fingerprint density at radius 1 is 1.07 bits per heavy atom. The number of benzene rings is 2. The summed E-state index contributed by atoms with van der Waals surface area (Å²) in [5.41, 5.74) is 3.74. The fourth-order valence-electron chi connectivity index (χ4n) is 3.64. The number of carbonyl (C=O) groups excluding carboxylic acids is 1. The Labute approximate surface area is 175 Å². The lowest BCUT2D eigenvalue weighted by Gasteiger charge is -2.35. The van der Waals surface area contributed by atoms with Crippen LogP contribution >= 0.6 is 0 Å². The van der Waals surface area contributed by atoms with Gasteiger partial charge in [0.2, 0.25) is 0 Å². The predicted molar refractivity (Wildman–Crippen MR) is 113 cm³/mol. The molecule has 3 aromatic rings. The van der Waals surface area contributed by atoms with Crippen molar-refractivity contribution in [3.63, 3.8) is 0 Å². The van der Waals surface area contributed by atoms with Gasteiger partial charge in [-0.1, -0.05) is 23.4 Å². The lowest BCUT2D eigenvalue weighted by atomic mass is 10.1. The van der Waals surface area contributed by atoms with E-state index in [0.717, 1.165) is 37.4 Å². The number of piperazine rings is 1. The average Bonchev–Trinajstić information content (AvgIpc) is 3.15. The fourth-order valence-corrected chi connectivity index (χ4v) is 3.64. The first-order valence-corrected chi connectivity index (χ1v) is 10.0. The Morgan fingerprint density at radius 2 is 1.77 bits per heavy atom. The van der Waals surface area contributed by atoms with Crippen LogP contribution in [0.15, 0.2) is 48.5 Å². The molecule has 1 amide bonds. The standard InChI is InChI=1S/C22H25FN6O/c1-16-21(25-26-29(16)19-9-7-18(23)8-10-19)22(30)24-15-17-5-3-4-6-20(17)28-13-11-27(2)12-14-28/h3-10H,11-15H2,1-2H3,(H,24,30). The molecule has 1 saturated heterocycles. The van der Waals surface area contributed by atoms with Gasteiger partial charge in [-0.15, -0.1) is 5.10 Å². The fraction of sp³-hybridized carbons (Fsp3) is 0.318. The van der Waals surface area contributed by atoms with Gasteiger partial charge in [0.05, 0.1) is 11.4 Å². The van der Waals surface area contributed by atoms with E-state index in [1.165, 1.54) is 16.8 Å². The molecule has 1 aliphatic heterocycles. The van der Waals surface area contributed by atoms with Crippen LogP contribution in [0.3, 0.4) is 0 Å². The minimum absolute atomic E-state index is 0.261. The summed E-state index contributed by atoms with van der Waals surface area (Å²) in [5, 5.41) is 11.1. The molecule has 7 nitrogen and oxygen atoms in total. The Hall–Kier alpha value is -3.26. The van der Waals surface area contributed by atoms with Gasteiger partial charge in [-0.05, 0) is 49.9 Å². The summed E-state index contributed by atoms with van der Waals surface area (Å²) < 4.78 is 14.7. The van der Waals surface area contributed by atoms with E-state index in [1.807, 2.05) is 18.2 Å². The number of para-hydroxylation sites is 1. The summed E-state index contributed by atoms with van der Waals surface area (Å²) in [6, 6.07) is 14.1. The number of anilines is 1. The molecule has 2 aromatic carbocycles. The van der Waals surface area contributed by atoms with E-state index in [9.17, 15) is 9.18 Å². The van der Waals surface area contributed by atoms with Gasteiger partial charge in [-0.25, -0.2) is 9.07 Å². The average molecular weight is 408 g/mol. The maximum atomic E-state index is 13.2. The molecule has 0 atom stereocenters. The third-order valence-corrected chi connectivity index (χ3v) is 5.46. The number of amides is 1. The molecular formula is C22H25FN6O. The van der Waals surface area contributed by atoms with Crippen molar-refractivity contribution in [1.82, 2.24) is 25.2 Å². The molecule has 2 heterocycles. The molecule has 4 rings (SSSR count). The number of likely N-dealkylation sites (N-methyl/N-ethyl adjacent to an activating group) is 1. The number of nitrogens with one attached hydrogen (secondary N) is 1. The summed E-state index contributed by atoms with van der Waals surface area (Å²) in [7, 11) is 2.13. The highest BCUT2D eigenvalue weighted by molar-refractivity contribution is 5.93. The van der Waals surface area contributed by atoms with Crippen LogP contribution in [0, 0.1) is 12.7 Å². The van der Waals surface area contributed by atoms with Gasteiger partial charge in [-0.3, -0.25) is 4.79 Å². The minimum Gasteiger partial charge on any atom is -0.369 e. The second-order valence-electron chi connectivity index (χ2n) is 7.51. The van der Waals surface area contributed by atoms with Gasteiger partial charge in [-0.2, -0.15) is 0 Å². The Morgan fingerprint density at radius 3 is 2.50 bits per heavy atom. The number of hydrogen-bond donors (Lipinski definition) is 1. The highest BCUT2D eigenvalue weighted by Gasteiger charge is 2.19. The zero-order valence-corrected chi connectivity index (χ0v) is 17.2. The second kappa shape index (κ2) is 8.62. The van der Waals surface area contributed by atoms with Crippen molar-refractivity contribution >= 4 is 11.6 Å². The van der Waals surface area contributed by atoms with Gasteiger partial charge >= 0.3 is 0 Å². The smallest absolute Gasteiger partial charge is 0.274 e. The predicted octanol–water partition coefficient (Wildman–Crippen LogP) is 2.40. The first kappa shape index (κ1) is 20.0. The molecule has 0 bridgehead atoms. The quantitative estimate of drug-likeness (QED) is 0.702. The number of nitrogens with zero attached hydrogens (tertiary/aromatic N) is 5. The van der Waals surface area contributed by atoms with E-state index in [1.54, 1.807) is 19.1 Å². The van der Waals surface area contributed by atoms with Crippen LogP contribution in [0.5, 0.6) is 0 Å². The van der Waals surface area contributed by atoms with Gasteiger partial charge < -0.3 is 15.1 Å². The topological polar surface area (TPSA) is 66.3 Å². The van der Waals surface area contributed by atoms with Crippen molar-refractivity contribution in [2.24, 2.45) is 0 Å². The van der Waals surface area contributed by atoms with Crippen LogP contribution < -0.4 is 10.2 Å². The minimum atomic E-state index is -0.325. The lowest BCUT2D eigenvalue weighted by molar-refractivity contribution is 0.0945. The molecule has 8 heteroatoms. The van der Waals surface area contributed by atoms with Crippen LogP contribution in [0.25, 0.3) is 5.69 Å². The maximum Gasteiger partial charge on any atom is 0.274 e. The second-order valence-corrected chi connectivity index (χ2v) is 7.51. The monoisotopic (exact) mass is 408 g/mol. The normalized spacial score (nSPS) is 14.7. The molecule has 1 aromatic heterocycles.